The molecule has 0 N–H and O–H groups in total. The van der Waals surface area contributed by atoms with Gasteiger partial charge in [0.1, 0.15) is 0 Å². The summed E-state index contributed by atoms with van der Waals surface area (Å²) in [5, 5.41) is 0. The molecule has 118 valence electrons. The molecule has 2 saturated heterocycles. The fourth-order valence-corrected chi connectivity index (χ4v) is 3.21. The lowest BCUT2D eigenvalue weighted by Gasteiger charge is -2.48. The standard InChI is InChI=1S/C17H23N3O2/c1-13-4-3-5-15(10-13)17(22)20-11-16(12-20)19-8-6-18(7-9-19)14(2)21/h3-5,10,16H,6-9,11-12H2,1-2H3. The lowest BCUT2D eigenvalue weighted by atomic mass is 10.0. The summed E-state index contributed by atoms with van der Waals surface area (Å²) < 4.78 is 0. The van der Waals surface area contributed by atoms with E-state index < -0.39 is 0 Å². The molecule has 3 rings (SSSR count). The maximum absolute atomic E-state index is 12.4. The van der Waals surface area contributed by atoms with Gasteiger partial charge < -0.3 is 9.80 Å². The van der Waals surface area contributed by atoms with E-state index in [1.807, 2.05) is 41.0 Å². The van der Waals surface area contributed by atoms with Crippen LogP contribution in [0.3, 0.4) is 0 Å². The molecule has 2 aliphatic heterocycles. The highest BCUT2D eigenvalue weighted by atomic mass is 16.2. The van der Waals surface area contributed by atoms with Gasteiger partial charge in [-0.15, -0.1) is 0 Å². The Morgan fingerprint density at radius 3 is 2.32 bits per heavy atom. The molecule has 22 heavy (non-hydrogen) atoms. The van der Waals surface area contributed by atoms with Crippen molar-refractivity contribution >= 4 is 11.8 Å². The predicted molar refractivity (Wildman–Crippen MR) is 84.7 cm³/mol. The summed E-state index contributed by atoms with van der Waals surface area (Å²) >= 11 is 0. The SMILES string of the molecule is CC(=O)N1CCN(C2CN(C(=O)c3cccc(C)c3)C2)CC1. The minimum atomic E-state index is 0.127. The number of aryl methyl sites for hydroxylation is 1. The molecule has 0 atom stereocenters. The highest BCUT2D eigenvalue weighted by Crippen LogP contribution is 2.20. The number of rotatable bonds is 2. The third-order valence-corrected chi connectivity index (χ3v) is 4.69. The molecule has 2 heterocycles. The van der Waals surface area contributed by atoms with Crippen molar-refractivity contribution in [2.24, 2.45) is 0 Å². The van der Waals surface area contributed by atoms with Crippen molar-refractivity contribution < 1.29 is 9.59 Å². The van der Waals surface area contributed by atoms with Crippen LogP contribution < -0.4 is 0 Å². The molecular weight excluding hydrogens is 278 g/mol. The zero-order valence-electron chi connectivity index (χ0n) is 13.3. The highest BCUT2D eigenvalue weighted by molar-refractivity contribution is 5.95. The maximum Gasteiger partial charge on any atom is 0.253 e. The van der Waals surface area contributed by atoms with E-state index in [9.17, 15) is 9.59 Å². The normalized spacial score (nSPS) is 19.9. The average molecular weight is 301 g/mol. The van der Waals surface area contributed by atoms with Gasteiger partial charge in [0.2, 0.25) is 5.91 Å². The first-order chi connectivity index (χ1) is 10.5. The number of carbonyl (C=O) groups is 2. The van der Waals surface area contributed by atoms with E-state index >= 15 is 0 Å². The first-order valence-electron chi connectivity index (χ1n) is 7.90. The third kappa shape index (κ3) is 2.99. The minimum Gasteiger partial charge on any atom is -0.340 e. The fourth-order valence-electron chi connectivity index (χ4n) is 3.21. The van der Waals surface area contributed by atoms with Crippen molar-refractivity contribution in [1.29, 1.82) is 0 Å². The Kier molecular flexibility index (Phi) is 4.16. The molecule has 0 aliphatic carbocycles. The molecule has 0 saturated carbocycles. The molecular formula is C17H23N3O2. The van der Waals surface area contributed by atoms with Gasteiger partial charge in [0.15, 0.2) is 0 Å². The summed E-state index contributed by atoms with van der Waals surface area (Å²) in [5.41, 5.74) is 1.89. The number of carbonyl (C=O) groups excluding carboxylic acids is 2. The maximum atomic E-state index is 12.4. The Balaban J connectivity index is 1.50. The van der Waals surface area contributed by atoms with Gasteiger partial charge in [-0.1, -0.05) is 17.7 Å². The van der Waals surface area contributed by atoms with Crippen LogP contribution in [-0.2, 0) is 4.79 Å². The second-order valence-corrected chi connectivity index (χ2v) is 6.28. The van der Waals surface area contributed by atoms with Crippen LogP contribution in [0.4, 0.5) is 0 Å². The summed E-state index contributed by atoms with van der Waals surface area (Å²) in [4.78, 5) is 30.0. The van der Waals surface area contributed by atoms with E-state index in [4.69, 9.17) is 0 Å². The Morgan fingerprint density at radius 1 is 1.05 bits per heavy atom. The number of hydrogen-bond donors (Lipinski definition) is 0. The summed E-state index contributed by atoms with van der Waals surface area (Å²) in [6.07, 6.45) is 0. The van der Waals surface area contributed by atoms with E-state index in [1.165, 1.54) is 0 Å². The minimum absolute atomic E-state index is 0.127. The van der Waals surface area contributed by atoms with Gasteiger partial charge in [-0.25, -0.2) is 0 Å². The highest BCUT2D eigenvalue weighted by Gasteiger charge is 2.36. The molecule has 0 unspecified atom stereocenters. The molecule has 1 aromatic rings. The Labute approximate surface area is 131 Å². The second kappa shape index (κ2) is 6.08. The van der Waals surface area contributed by atoms with Crippen molar-refractivity contribution in [3.63, 3.8) is 0 Å². The zero-order chi connectivity index (χ0) is 15.7. The molecule has 2 amide bonds. The number of likely N-dealkylation sites (tertiary alicyclic amines) is 1. The summed E-state index contributed by atoms with van der Waals surface area (Å²) in [6, 6.07) is 8.21. The van der Waals surface area contributed by atoms with Gasteiger partial charge in [-0.05, 0) is 19.1 Å². The molecule has 1 aromatic carbocycles. The van der Waals surface area contributed by atoms with E-state index in [2.05, 4.69) is 4.90 Å². The molecule has 5 nitrogen and oxygen atoms in total. The molecule has 0 radical (unpaired) electrons. The van der Waals surface area contributed by atoms with Crippen molar-refractivity contribution in [3.8, 4) is 0 Å². The van der Waals surface area contributed by atoms with Crippen molar-refractivity contribution in [3.05, 3.63) is 35.4 Å². The lowest BCUT2D eigenvalue weighted by Crippen LogP contribution is -2.64. The van der Waals surface area contributed by atoms with Gasteiger partial charge in [-0.2, -0.15) is 0 Å². The Morgan fingerprint density at radius 2 is 1.73 bits per heavy atom. The van der Waals surface area contributed by atoms with Crippen LogP contribution in [0, 0.1) is 6.92 Å². The average Bonchev–Trinajstić information content (AvgIpc) is 2.46. The quantitative estimate of drug-likeness (QED) is 0.818. The van der Waals surface area contributed by atoms with E-state index in [0.29, 0.717) is 6.04 Å². The van der Waals surface area contributed by atoms with Crippen molar-refractivity contribution in [2.45, 2.75) is 19.9 Å². The number of amides is 2. The van der Waals surface area contributed by atoms with Gasteiger partial charge in [0, 0.05) is 57.8 Å². The summed E-state index contributed by atoms with van der Waals surface area (Å²) in [7, 11) is 0. The number of piperazine rings is 1. The van der Waals surface area contributed by atoms with E-state index in [-0.39, 0.29) is 11.8 Å². The van der Waals surface area contributed by atoms with Crippen molar-refractivity contribution in [2.75, 3.05) is 39.3 Å². The zero-order valence-corrected chi connectivity index (χ0v) is 13.3. The Hall–Kier alpha value is -1.88. The van der Waals surface area contributed by atoms with Gasteiger partial charge >= 0.3 is 0 Å². The van der Waals surface area contributed by atoms with Crippen LogP contribution in [0.1, 0.15) is 22.8 Å². The molecule has 2 aliphatic rings. The van der Waals surface area contributed by atoms with E-state index in [0.717, 1.165) is 50.4 Å². The van der Waals surface area contributed by atoms with Gasteiger partial charge in [0.25, 0.3) is 5.91 Å². The molecule has 0 aromatic heterocycles. The summed E-state index contributed by atoms with van der Waals surface area (Å²) in [6.45, 7) is 8.66. The molecule has 0 spiro atoms. The largest absolute Gasteiger partial charge is 0.340 e. The van der Waals surface area contributed by atoms with Gasteiger partial charge in [-0.3, -0.25) is 14.5 Å². The van der Waals surface area contributed by atoms with Gasteiger partial charge in [0.05, 0.1) is 0 Å². The monoisotopic (exact) mass is 301 g/mol. The molecule has 2 fully saturated rings. The Bertz CT molecular complexity index is 573. The lowest BCUT2D eigenvalue weighted by molar-refractivity contribution is -0.131. The molecule has 5 heteroatoms. The van der Waals surface area contributed by atoms with Crippen LogP contribution in [0.15, 0.2) is 24.3 Å². The summed E-state index contributed by atoms with van der Waals surface area (Å²) in [5.74, 6) is 0.284. The van der Waals surface area contributed by atoms with Crippen LogP contribution in [0.25, 0.3) is 0 Å². The fraction of sp³-hybridized carbons (Fsp3) is 0.529. The van der Waals surface area contributed by atoms with Crippen LogP contribution >= 0.6 is 0 Å². The number of benzene rings is 1. The number of hydrogen-bond acceptors (Lipinski definition) is 3. The van der Waals surface area contributed by atoms with Crippen LogP contribution in [-0.4, -0.2) is 71.8 Å². The number of nitrogens with zero attached hydrogens (tertiary/aromatic N) is 3. The predicted octanol–water partition coefficient (Wildman–Crippen LogP) is 0.984. The topological polar surface area (TPSA) is 43.9 Å². The first kappa shape index (κ1) is 15.0. The third-order valence-electron chi connectivity index (χ3n) is 4.69. The second-order valence-electron chi connectivity index (χ2n) is 6.28. The van der Waals surface area contributed by atoms with Crippen LogP contribution in [0.2, 0.25) is 0 Å². The smallest absolute Gasteiger partial charge is 0.253 e. The molecule has 0 bridgehead atoms. The van der Waals surface area contributed by atoms with E-state index in [1.54, 1.807) is 6.92 Å². The van der Waals surface area contributed by atoms with Crippen LogP contribution in [0.5, 0.6) is 0 Å². The van der Waals surface area contributed by atoms with Crippen molar-refractivity contribution in [1.82, 2.24) is 14.7 Å². The first-order valence-corrected chi connectivity index (χ1v) is 7.90.